The van der Waals surface area contributed by atoms with E-state index in [1.54, 1.807) is 25.3 Å². The maximum absolute atomic E-state index is 11.5. The molecule has 154 valence electrons. The van der Waals surface area contributed by atoms with Crippen molar-refractivity contribution in [2.45, 2.75) is 38.8 Å². The van der Waals surface area contributed by atoms with Crippen molar-refractivity contribution < 1.29 is 23.8 Å². The number of benzene rings is 2. The van der Waals surface area contributed by atoms with Gasteiger partial charge in [0.25, 0.3) is 0 Å². The molecule has 0 saturated carbocycles. The highest BCUT2D eigenvalue weighted by Gasteiger charge is 2.22. The fourth-order valence-electron chi connectivity index (χ4n) is 3.51. The molecule has 30 heavy (non-hydrogen) atoms. The topological polar surface area (TPSA) is 81.8 Å². The quantitative estimate of drug-likeness (QED) is 0.543. The number of aromatic carboxylic acids is 1. The van der Waals surface area contributed by atoms with E-state index in [-0.39, 0.29) is 18.8 Å². The van der Waals surface area contributed by atoms with Gasteiger partial charge in [0, 0.05) is 12.0 Å². The lowest BCUT2D eigenvalue weighted by atomic mass is 10.0. The van der Waals surface area contributed by atoms with Gasteiger partial charge in [-0.25, -0.2) is 9.78 Å². The lowest BCUT2D eigenvalue weighted by Crippen LogP contribution is -2.15. The summed E-state index contributed by atoms with van der Waals surface area (Å²) in [5.74, 6) is -0.359. The Hall–Kier alpha value is -3.22. The first-order valence-corrected chi connectivity index (χ1v) is 9.83. The molecule has 2 unspecified atom stereocenters. The zero-order valence-corrected chi connectivity index (χ0v) is 16.7. The molecule has 1 aromatic heterocycles. The molecule has 1 aliphatic rings. The number of hydrogen-bond acceptors (Lipinski definition) is 5. The Bertz CT molecular complexity index is 1040. The van der Waals surface area contributed by atoms with E-state index < -0.39 is 5.97 Å². The summed E-state index contributed by atoms with van der Waals surface area (Å²) in [7, 11) is 0. The van der Waals surface area contributed by atoms with Crippen LogP contribution in [-0.4, -0.2) is 28.3 Å². The van der Waals surface area contributed by atoms with E-state index in [9.17, 15) is 9.90 Å². The second kappa shape index (κ2) is 9.07. The zero-order valence-electron chi connectivity index (χ0n) is 16.7. The summed E-state index contributed by atoms with van der Waals surface area (Å²) < 4.78 is 17.4. The molecule has 1 heterocycles. The van der Waals surface area contributed by atoms with E-state index >= 15 is 0 Å². The molecular formula is C24H23NO5. The first-order chi connectivity index (χ1) is 14.6. The van der Waals surface area contributed by atoms with Crippen LogP contribution in [0.4, 0.5) is 0 Å². The van der Waals surface area contributed by atoms with Crippen LogP contribution in [0.3, 0.4) is 0 Å². The van der Waals surface area contributed by atoms with E-state index in [1.807, 2.05) is 48.6 Å². The van der Waals surface area contributed by atoms with Crippen LogP contribution in [0.2, 0.25) is 0 Å². The number of oxazole rings is 1. The molecule has 6 nitrogen and oxygen atoms in total. The first-order valence-electron chi connectivity index (χ1n) is 9.83. The smallest absolute Gasteiger partial charge is 0.336 e. The highest BCUT2D eigenvalue weighted by Crippen LogP contribution is 2.23. The van der Waals surface area contributed by atoms with E-state index in [0.717, 1.165) is 16.8 Å². The van der Waals surface area contributed by atoms with Crippen molar-refractivity contribution in [3.8, 4) is 11.5 Å². The molecule has 0 aliphatic heterocycles. The van der Waals surface area contributed by atoms with Crippen LogP contribution in [-0.2, 0) is 22.7 Å². The van der Waals surface area contributed by atoms with Crippen molar-refractivity contribution in [3.63, 3.8) is 0 Å². The predicted octanol–water partition coefficient (Wildman–Crippen LogP) is 4.78. The van der Waals surface area contributed by atoms with Crippen LogP contribution in [0, 0.1) is 6.92 Å². The van der Waals surface area contributed by atoms with Crippen LogP contribution >= 0.6 is 0 Å². The Morgan fingerprint density at radius 1 is 1.07 bits per heavy atom. The van der Waals surface area contributed by atoms with Gasteiger partial charge in [0.1, 0.15) is 12.0 Å². The van der Waals surface area contributed by atoms with Crippen molar-refractivity contribution >= 4 is 5.97 Å². The highest BCUT2D eigenvalue weighted by atomic mass is 16.5. The first kappa shape index (κ1) is 20.1. The third-order valence-electron chi connectivity index (χ3n) is 5.05. The Balaban J connectivity index is 1.27. The molecule has 0 fully saturated rings. The summed E-state index contributed by atoms with van der Waals surface area (Å²) in [6, 6.07) is 15.1. The van der Waals surface area contributed by atoms with Crippen molar-refractivity contribution in [2.75, 3.05) is 0 Å². The minimum atomic E-state index is -0.933. The largest absolute Gasteiger partial charge is 0.478 e. The van der Waals surface area contributed by atoms with Crippen molar-refractivity contribution in [2.24, 2.45) is 0 Å². The maximum atomic E-state index is 11.5. The van der Waals surface area contributed by atoms with Gasteiger partial charge in [-0.1, -0.05) is 48.6 Å². The number of aromatic nitrogens is 1. The number of carboxylic acid groups (broad SMARTS) is 1. The van der Waals surface area contributed by atoms with Crippen LogP contribution in [0.25, 0.3) is 11.5 Å². The molecule has 4 rings (SSSR count). The molecule has 0 bridgehead atoms. The Labute approximate surface area is 174 Å². The molecule has 0 amide bonds. The number of rotatable bonds is 8. The average molecular weight is 405 g/mol. The van der Waals surface area contributed by atoms with Gasteiger partial charge in [0.2, 0.25) is 5.89 Å². The summed E-state index contributed by atoms with van der Waals surface area (Å²) in [5, 5.41) is 9.43. The fraction of sp³-hybridized carbons (Fsp3) is 0.250. The minimum Gasteiger partial charge on any atom is -0.478 e. The number of nitrogens with zero attached hydrogens (tertiary/aromatic N) is 1. The fourth-order valence-corrected chi connectivity index (χ4v) is 3.51. The number of aryl methyl sites for hydroxylation is 1. The Kier molecular flexibility index (Phi) is 6.07. The Morgan fingerprint density at radius 3 is 2.53 bits per heavy atom. The lowest BCUT2D eigenvalue weighted by molar-refractivity contribution is 0.0186. The van der Waals surface area contributed by atoms with Crippen LogP contribution in [0.15, 0.2) is 71.4 Å². The molecule has 2 atom stereocenters. The maximum Gasteiger partial charge on any atom is 0.336 e. The molecule has 0 radical (unpaired) electrons. The predicted molar refractivity (Wildman–Crippen MR) is 111 cm³/mol. The van der Waals surface area contributed by atoms with Gasteiger partial charge >= 0.3 is 5.97 Å². The van der Waals surface area contributed by atoms with Crippen LogP contribution < -0.4 is 0 Å². The number of carbonyl (C=O) groups is 1. The number of hydrogen-bond donors (Lipinski definition) is 1. The van der Waals surface area contributed by atoms with Gasteiger partial charge in [0.05, 0.1) is 31.0 Å². The van der Waals surface area contributed by atoms with Gasteiger partial charge in [-0.3, -0.25) is 0 Å². The highest BCUT2D eigenvalue weighted by molar-refractivity contribution is 5.91. The van der Waals surface area contributed by atoms with Gasteiger partial charge in [-0.05, 0) is 30.2 Å². The van der Waals surface area contributed by atoms with Gasteiger partial charge < -0.3 is 19.0 Å². The van der Waals surface area contributed by atoms with Gasteiger partial charge in [-0.15, -0.1) is 0 Å². The molecule has 0 saturated heterocycles. The summed E-state index contributed by atoms with van der Waals surface area (Å²) in [5.41, 5.74) is 3.38. The van der Waals surface area contributed by atoms with E-state index in [4.69, 9.17) is 13.9 Å². The SMILES string of the molecule is Cc1cccc(COC2C=CC(OCc3coc(-c4ccccc4)n3)C2)c1C(=O)O. The molecule has 1 aliphatic carbocycles. The van der Waals surface area contributed by atoms with Crippen molar-refractivity contribution in [3.05, 3.63) is 89.3 Å². The third kappa shape index (κ3) is 4.67. The van der Waals surface area contributed by atoms with Crippen LogP contribution in [0.5, 0.6) is 0 Å². The molecule has 6 heteroatoms. The molecular weight excluding hydrogens is 382 g/mol. The third-order valence-corrected chi connectivity index (χ3v) is 5.05. The molecule has 3 aromatic rings. The Morgan fingerprint density at radius 2 is 1.80 bits per heavy atom. The number of carboxylic acids is 1. The summed E-state index contributed by atoms with van der Waals surface area (Å²) in [4.78, 5) is 16.0. The van der Waals surface area contributed by atoms with Gasteiger partial charge in [-0.2, -0.15) is 0 Å². The standard InChI is InChI=1S/C24H23NO5/c1-16-6-5-9-18(22(16)24(26)27)13-28-20-10-11-21(12-20)29-14-19-15-30-23(25-19)17-7-3-2-4-8-17/h2-11,15,20-21H,12-14H2,1H3,(H,26,27). The normalized spacial score (nSPS) is 18.0. The monoisotopic (exact) mass is 405 g/mol. The second-order valence-corrected chi connectivity index (χ2v) is 7.24. The van der Waals surface area contributed by atoms with Crippen molar-refractivity contribution in [1.29, 1.82) is 0 Å². The molecule has 1 N–H and O–H groups in total. The van der Waals surface area contributed by atoms with Gasteiger partial charge in [0.15, 0.2) is 0 Å². The summed E-state index contributed by atoms with van der Waals surface area (Å²) in [6.45, 7) is 2.38. The van der Waals surface area contributed by atoms with Crippen LogP contribution in [0.1, 0.15) is 33.6 Å². The average Bonchev–Trinajstić information content (AvgIpc) is 3.40. The summed E-state index contributed by atoms with van der Waals surface area (Å²) >= 11 is 0. The van der Waals surface area contributed by atoms with Crippen molar-refractivity contribution in [1.82, 2.24) is 4.98 Å². The summed E-state index contributed by atoms with van der Waals surface area (Å²) in [6.07, 6.45) is 6.02. The van der Waals surface area contributed by atoms with E-state index in [2.05, 4.69) is 4.98 Å². The minimum absolute atomic E-state index is 0.0803. The number of ether oxygens (including phenoxy) is 2. The molecule has 2 aromatic carbocycles. The zero-order chi connectivity index (χ0) is 20.9. The molecule has 0 spiro atoms. The second-order valence-electron chi connectivity index (χ2n) is 7.24. The van der Waals surface area contributed by atoms with E-state index in [0.29, 0.717) is 30.0 Å². The lowest BCUT2D eigenvalue weighted by Gasteiger charge is -2.15. The van der Waals surface area contributed by atoms with E-state index in [1.165, 1.54) is 0 Å².